The first kappa shape index (κ1) is 11.4. The van der Waals surface area contributed by atoms with Crippen molar-refractivity contribution in [2.75, 3.05) is 0 Å². The van der Waals surface area contributed by atoms with Gasteiger partial charge in [-0.15, -0.1) is 0 Å². The maximum absolute atomic E-state index is 5.80. The summed E-state index contributed by atoms with van der Waals surface area (Å²) in [7, 11) is 0. The summed E-state index contributed by atoms with van der Waals surface area (Å²) in [5, 5.41) is 0.736. The van der Waals surface area contributed by atoms with Crippen molar-refractivity contribution < 1.29 is 0 Å². The van der Waals surface area contributed by atoms with Gasteiger partial charge in [-0.2, -0.15) is 0 Å². The molecule has 0 saturated heterocycles. The predicted octanol–water partition coefficient (Wildman–Crippen LogP) is 4.85. The van der Waals surface area contributed by atoms with Gasteiger partial charge in [-0.25, -0.2) is 0 Å². The van der Waals surface area contributed by atoms with Crippen LogP contribution in [0.2, 0.25) is 5.02 Å². The van der Waals surface area contributed by atoms with Crippen LogP contribution in [0.4, 0.5) is 5.69 Å². The Labute approximate surface area is 108 Å². The summed E-state index contributed by atoms with van der Waals surface area (Å²) < 4.78 is 1.03. The molecular weight excluding hydrogens is 286 g/mol. The van der Waals surface area contributed by atoms with E-state index >= 15 is 0 Å². The molecule has 2 aromatic carbocycles. The summed E-state index contributed by atoms with van der Waals surface area (Å²) in [5.74, 6) is 0. The molecule has 0 aromatic heterocycles. The largest absolute Gasteiger partial charge is 0.256 e. The average molecular weight is 295 g/mol. The van der Waals surface area contributed by atoms with E-state index in [1.165, 1.54) is 0 Å². The molecule has 0 heterocycles. The third kappa shape index (κ3) is 3.19. The summed E-state index contributed by atoms with van der Waals surface area (Å²) in [6.07, 6.45) is 1.82. The van der Waals surface area contributed by atoms with Crippen LogP contribution in [-0.4, -0.2) is 6.21 Å². The minimum atomic E-state index is 0.736. The molecule has 0 amide bonds. The number of halogens is 2. The van der Waals surface area contributed by atoms with E-state index in [1.54, 1.807) is 0 Å². The van der Waals surface area contributed by atoms with Crippen LogP contribution in [0.15, 0.2) is 58.0 Å². The minimum Gasteiger partial charge on any atom is -0.256 e. The zero-order chi connectivity index (χ0) is 11.4. The maximum atomic E-state index is 5.80. The Morgan fingerprint density at radius 3 is 2.50 bits per heavy atom. The van der Waals surface area contributed by atoms with Gasteiger partial charge in [-0.1, -0.05) is 45.7 Å². The molecule has 0 radical (unpaired) electrons. The van der Waals surface area contributed by atoms with E-state index in [0.717, 1.165) is 20.7 Å². The summed E-state index contributed by atoms with van der Waals surface area (Å²) >= 11 is 9.21. The standard InChI is InChI=1S/C13H9BrClN/c14-11-2-1-3-13(8-11)16-9-10-4-6-12(15)7-5-10/h1-9H. The van der Waals surface area contributed by atoms with E-state index in [4.69, 9.17) is 11.6 Å². The number of rotatable bonds is 2. The number of aliphatic imine (C=N–C) groups is 1. The Morgan fingerprint density at radius 2 is 1.81 bits per heavy atom. The lowest BCUT2D eigenvalue weighted by Gasteiger charge is -1.95. The van der Waals surface area contributed by atoms with E-state index in [1.807, 2.05) is 54.7 Å². The average Bonchev–Trinajstić information content (AvgIpc) is 2.28. The number of hydrogen-bond acceptors (Lipinski definition) is 1. The van der Waals surface area contributed by atoms with Crippen LogP contribution in [0.5, 0.6) is 0 Å². The summed E-state index contributed by atoms with van der Waals surface area (Å²) in [6, 6.07) is 15.4. The second-order valence-electron chi connectivity index (χ2n) is 3.29. The highest BCUT2D eigenvalue weighted by atomic mass is 79.9. The zero-order valence-corrected chi connectivity index (χ0v) is 10.7. The number of nitrogens with zero attached hydrogens (tertiary/aromatic N) is 1. The highest BCUT2D eigenvalue weighted by Crippen LogP contribution is 2.18. The van der Waals surface area contributed by atoms with Crippen LogP contribution in [-0.2, 0) is 0 Å². The van der Waals surface area contributed by atoms with Crippen molar-refractivity contribution in [2.24, 2.45) is 4.99 Å². The van der Waals surface area contributed by atoms with Gasteiger partial charge in [-0.3, -0.25) is 4.99 Å². The van der Waals surface area contributed by atoms with Gasteiger partial charge in [0, 0.05) is 15.7 Å². The van der Waals surface area contributed by atoms with E-state index in [-0.39, 0.29) is 0 Å². The van der Waals surface area contributed by atoms with Gasteiger partial charge in [0.1, 0.15) is 0 Å². The molecule has 0 aliphatic carbocycles. The smallest absolute Gasteiger partial charge is 0.0641 e. The number of hydrogen-bond donors (Lipinski definition) is 0. The highest BCUT2D eigenvalue weighted by Gasteiger charge is 1.91. The molecular formula is C13H9BrClN. The summed E-state index contributed by atoms with van der Waals surface area (Å²) in [5.41, 5.74) is 1.95. The number of benzene rings is 2. The monoisotopic (exact) mass is 293 g/mol. The van der Waals surface area contributed by atoms with Crippen molar-refractivity contribution >= 4 is 39.4 Å². The second kappa shape index (κ2) is 5.28. The predicted molar refractivity (Wildman–Crippen MR) is 72.8 cm³/mol. The van der Waals surface area contributed by atoms with Gasteiger partial charge in [-0.05, 0) is 35.9 Å². The molecule has 0 fully saturated rings. The molecule has 0 bridgehead atoms. The molecule has 0 N–H and O–H groups in total. The van der Waals surface area contributed by atoms with Gasteiger partial charge >= 0.3 is 0 Å². The molecule has 3 heteroatoms. The van der Waals surface area contributed by atoms with Gasteiger partial charge in [0.2, 0.25) is 0 Å². The zero-order valence-electron chi connectivity index (χ0n) is 8.40. The van der Waals surface area contributed by atoms with Crippen molar-refractivity contribution in [1.82, 2.24) is 0 Å². The normalized spacial score (nSPS) is 10.9. The van der Waals surface area contributed by atoms with E-state index < -0.39 is 0 Å². The van der Waals surface area contributed by atoms with E-state index in [9.17, 15) is 0 Å². The summed E-state index contributed by atoms with van der Waals surface area (Å²) in [6.45, 7) is 0. The lowest BCUT2D eigenvalue weighted by atomic mass is 10.2. The van der Waals surface area contributed by atoms with Crippen molar-refractivity contribution in [3.05, 3.63) is 63.6 Å². The van der Waals surface area contributed by atoms with E-state index in [2.05, 4.69) is 20.9 Å². The third-order valence-electron chi connectivity index (χ3n) is 2.04. The van der Waals surface area contributed by atoms with Crippen LogP contribution in [0.3, 0.4) is 0 Å². The third-order valence-corrected chi connectivity index (χ3v) is 2.79. The molecule has 0 aliphatic heterocycles. The molecule has 0 saturated carbocycles. The Morgan fingerprint density at radius 1 is 1.06 bits per heavy atom. The molecule has 1 nitrogen and oxygen atoms in total. The van der Waals surface area contributed by atoms with Crippen LogP contribution < -0.4 is 0 Å². The lowest BCUT2D eigenvalue weighted by molar-refractivity contribution is 1.51. The Balaban J connectivity index is 2.18. The first-order valence-corrected chi connectivity index (χ1v) is 5.96. The first-order valence-electron chi connectivity index (χ1n) is 4.79. The molecule has 0 atom stereocenters. The molecule has 2 aromatic rings. The van der Waals surface area contributed by atoms with Gasteiger partial charge in [0.15, 0.2) is 0 Å². The molecule has 0 aliphatic rings. The topological polar surface area (TPSA) is 12.4 Å². The van der Waals surface area contributed by atoms with Crippen molar-refractivity contribution in [2.45, 2.75) is 0 Å². The quantitative estimate of drug-likeness (QED) is 0.702. The van der Waals surface area contributed by atoms with Crippen molar-refractivity contribution in [3.8, 4) is 0 Å². The Hall–Kier alpha value is -1.12. The van der Waals surface area contributed by atoms with Gasteiger partial charge in [0.25, 0.3) is 0 Å². The van der Waals surface area contributed by atoms with E-state index in [0.29, 0.717) is 0 Å². The van der Waals surface area contributed by atoms with Crippen molar-refractivity contribution in [3.63, 3.8) is 0 Å². The molecule has 16 heavy (non-hydrogen) atoms. The molecule has 0 spiro atoms. The Kier molecular flexibility index (Phi) is 3.75. The second-order valence-corrected chi connectivity index (χ2v) is 4.64. The van der Waals surface area contributed by atoms with Crippen LogP contribution in [0, 0.1) is 0 Å². The Bertz CT molecular complexity index is 506. The summed E-state index contributed by atoms with van der Waals surface area (Å²) in [4.78, 5) is 4.37. The fourth-order valence-electron chi connectivity index (χ4n) is 1.25. The SMILES string of the molecule is Clc1ccc(C=Nc2cccc(Br)c2)cc1. The fraction of sp³-hybridized carbons (Fsp3) is 0. The molecule has 0 unspecified atom stereocenters. The highest BCUT2D eigenvalue weighted by molar-refractivity contribution is 9.10. The van der Waals surface area contributed by atoms with Gasteiger partial charge in [0.05, 0.1) is 5.69 Å². The lowest BCUT2D eigenvalue weighted by Crippen LogP contribution is -1.78. The minimum absolute atomic E-state index is 0.736. The fourth-order valence-corrected chi connectivity index (χ4v) is 1.77. The van der Waals surface area contributed by atoms with Crippen LogP contribution in [0.25, 0.3) is 0 Å². The van der Waals surface area contributed by atoms with Gasteiger partial charge < -0.3 is 0 Å². The maximum Gasteiger partial charge on any atom is 0.0641 e. The van der Waals surface area contributed by atoms with Crippen LogP contribution in [0.1, 0.15) is 5.56 Å². The first-order chi connectivity index (χ1) is 7.74. The van der Waals surface area contributed by atoms with Crippen LogP contribution >= 0.6 is 27.5 Å². The van der Waals surface area contributed by atoms with Crippen molar-refractivity contribution in [1.29, 1.82) is 0 Å². The molecule has 80 valence electrons. The molecule has 2 rings (SSSR count).